The van der Waals surface area contributed by atoms with Crippen molar-refractivity contribution in [2.24, 2.45) is 7.05 Å². The van der Waals surface area contributed by atoms with Gasteiger partial charge in [0.05, 0.1) is 6.04 Å². The van der Waals surface area contributed by atoms with E-state index in [1.54, 1.807) is 34.0 Å². The predicted molar refractivity (Wildman–Crippen MR) is 123 cm³/mol. The van der Waals surface area contributed by atoms with Crippen molar-refractivity contribution in [2.75, 3.05) is 13.1 Å². The van der Waals surface area contributed by atoms with Crippen LogP contribution in [-0.4, -0.2) is 49.2 Å². The van der Waals surface area contributed by atoms with Crippen LogP contribution in [0, 0.1) is 5.82 Å². The lowest BCUT2D eigenvalue weighted by molar-refractivity contribution is 0.0185. The second kappa shape index (κ2) is 7.58. The fraction of sp³-hybridized carbons (Fsp3) is 0.435. The van der Waals surface area contributed by atoms with E-state index in [-0.39, 0.29) is 18.0 Å². The molecular formula is C23H26FN5O2S. The molecule has 5 rings (SSSR count). The molecule has 1 aliphatic heterocycles. The number of carbonyl (C=O) groups excluding carboxylic acids is 1. The van der Waals surface area contributed by atoms with Crippen LogP contribution in [0.15, 0.2) is 30.6 Å². The van der Waals surface area contributed by atoms with Crippen LogP contribution in [0.25, 0.3) is 31.6 Å². The van der Waals surface area contributed by atoms with E-state index in [2.05, 4.69) is 17.4 Å². The minimum absolute atomic E-state index is 0.250. The van der Waals surface area contributed by atoms with Gasteiger partial charge in [0.2, 0.25) is 0 Å². The van der Waals surface area contributed by atoms with Crippen molar-refractivity contribution < 1.29 is 13.9 Å². The lowest BCUT2D eigenvalue weighted by Crippen LogP contribution is -2.42. The molecule has 0 bridgehead atoms. The third-order valence-corrected chi connectivity index (χ3v) is 6.75. The zero-order valence-corrected chi connectivity index (χ0v) is 19.4. The van der Waals surface area contributed by atoms with Crippen LogP contribution in [0.2, 0.25) is 0 Å². The maximum atomic E-state index is 14.5. The summed E-state index contributed by atoms with van der Waals surface area (Å²) in [5, 5.41) is 10.8. The fourth-order valence-electron chi connectivity index (χ4n) is 4.17. The van der Waals surface area contributed by atoms with Crippen LogP contribution in [0.3, 0.4) is 0 Å². The number of benzene rings is 1. The molecule has 1 aliphatic rings. The summed E-state index contributed by atoms with van der Waals surface area (Å²) in [7, 11) is 1.79. The summed E-state index contributed by atoms with van der Waals surface area (Å²) in [6.45, 7) is 6.95. The van der Waals surface area contributed by atoms with Crippen LogP contribution < -0.4 is 0 Å². The smallest absolute Gasteiger partial charge is 0.410 e. The van der Waals surface area contributed by atoms with Crippen molar-refractivity contribution in [1.82, 2.24) is 24.5 Å². The largest absolute Gasteiger partial charge is 0.444 e. The molecule has 0 radical (unpaired) electrons. The highest BCUT2D eigenvalue weighted by molar-refractivity contribution is 7.21. The van der Waals surface area contributed by atoms with Crippen LogP contribution in [-0.2, 0) is 11.8 Å². The van der Waals surface area contributed by atoms with Gasteiger partial charge < -0.3 is 9.64 Å². The predicted octanol–water partition coefficient (Wildman–Crippen LogP) is 5.36. The molecule has 0 unspecified atom stereocenters. The minimum Gasteiger partial charge on any atom is -0.444 e. The average molecular weight is 456 g/mol. The van der Waals surface area contributed by atoms with Gasteiger partial charge >= 0.3 is 6.09 Å². The van der Waals surface area contributed by atoms with E-state index in [1.807, 2.05) is 37.7 Å². The maximum absolute atomic E-state index is 14.5. The Morgan fingerprint density at radius 1 is 1.12 bits per heavy atom. The number of piperidine rings is 1. The van der Waals surface area contributed by atoms with Gasteiger partial charge in [-0.25, -0.2) is 9.18 Å². The topological polar surface area (TPSA) is 65.2 Å². The van der Waals surface area contributed by atoms with Gasteiger partial charge in [-0.2, -0.15) is 10.2 Å². The molecule has 1 amide bonds. The van der Waals surface area contributed by atoms with E-state index in [1.165, 1.54) is 0 Å². The quantitative estimate of drug-likeness (QED) is 0.408. The molecule has 3 aromatic heterocycles. The van der Waals surface area contributed by atoms with E-state index in [9.17, 15) is 9.18 Å². The molecule has 0 spiro atoms. The molecule has 4 heterocycles. The Balaban J connectivity index is 1.31. The lowest BCUT2D eigenvalue weighted by Gasteiger charge is -2.33. The normalized spacial score (nSPS) is 15.7. The number of likely N-dealkylation sites (tertiary alicyclic amines) is 1. The van der Waals surface area contributed by atoms with Gasteiger partial charge in [-0.1, -0.05) is 0 Å². The zero-order valence-electron chi connectivity index (χ0n) is 18.6. The van der Waals surface area contributed by atoms with Gasteiger partial charge in [0.25, 0.3) is 0 Å². The molecule has 0 atom stereocenters. The first-order valence-corrected chi connectivity index (χ1v) is 11.6. The van der Waals surface area contributed by atoms with Crippen molar-refractivity contribution in [2.45, 2.75) is 45.3 Å². The van der Waals surface area contributed by atoms with Crippen LogP contribution in [0.1, 0.15) is 39.7 Å². The number of carbonyl (C=O) groups is 1. The highest BCUT2D eigenvalue weighted by Crippen LogP contribution is 2.36. The Bertz CT molecular complexity index is 1280. The number of amides is 1. The minimum atomic E-state index is -0.484. The Kier molecular flexibility index (Phi) is 4.96. The van der Waals surface area contributed by atoms with E-state index in [0.29, 0.717) is 18.6 Å². The summed E-state index contributed by atoms with van der Waals surface area (Å²) in [5.41, 5.74) is 0.742. The Morgan fingerprint density at radius 2 is 1.88 bits per heavy atom. The number of ether oxygens (including phenoxy) is 1. The number of aryl methyl sites for hydroxylation is 1. The van der Waals surface area contributed by atoms with Gasteiger partial charge in [-0.05, 0) is 57.4 Å². The first-order chi connectivity index (χ1) is 15.2. The van der Waals surface area contributed by atoms with E-state index in [4.69, 9.17) is 9.84 Å². The molecule has 1 saturated heterocycles. The summed E-state index contributed by atoms with van der Waals surface area (Å²) in [4.78, 5) is 16.0. The Hall–Kier alpha value is -2.94. The molecule has 9 heteroatoms. The highest BCUT2D eigenvalue weighted by atomic mass is 32.1. The van der Waals surface area contributed by atoms with Crippen LogP contribution >= 0.6 is 11.3 Å². The average Bonchev–Trinajstić information content (AvgIpc) is 3.39. The number of halogens is 1. The van der Waals surface area contributed by atoms with E-state index in [0.717, 1.165) is 38.9 Å². The zero-order chi connectivity index (χ0) is 22.6. The molecule has 0 N–H and O–H groups in total. The molecule has 0 aliphatic carbocycles. The summed E-state index contributed by atoms with van der Waals surface area (Å²) in [5.74, 6) is -0.314. The molecule has 0 saturated carbocycles. The van der Waals surface area contributed by atoms with Gasteiger partial charge in [-0.3, -0.25) is 9.36 Å². The van der Waals surface area contributed by atoms with E-state index >= 15 is 0 Å². The van der Waals surface area contributed by atoms with E-state index < -0.39 is 5.60 Å². The van der Waals surface area contributed by atoms with Gasteiger partial charge in [-0.15, -0.1) is 11.3 Å². The standard InChI is InChI=1S/C23H26FN5O2S/c1-23(2,3)31-22(30)28-7-5-17(6-8-28)29-13-16-11-19(32-21(16)26-29)14-9-15-12-27(4)25-20(15)18(24)10-14/h9-13,17H,5-8H2,1-4H3. The number of hydrogen-bond donors (Lipinski definition) is 0. The third-order valence-electron chi connectivity index (χ3n) is 5.67. The molecule has 4 aromatic rings. The lowest BCUT2D eigenvalue weighted by atomic mass is 10.1. The fourth-order valence-corrected chi connectivity index (χ4v) is 5.16. The molecular weight excluding hydrogens is 429 g/mol. The van der Waals surface area contributed by atoms with Crippen LogP contribution in [0.5, 0.6) is 0 Å². The van der Waals surface area contributed by atoms with Crippen molar-refractivity contribution in [3.8, 4) is 10.4 Å². The summed E-state index contributed by atoms with van der Waals surface area (Å²) < 4.78 is 23.6. The molecule has 32 heavy (non-hydrogen) atoms. The second-order valence-corrected chi connectivity index (χ2v) is 10.4. The Labute approximate surface area is 189 Å². The summed E-state index contributed by atoms with van der Waals surface area (Å²) >= 11 is 1.56. The van der Waals surface area contributed by atoms with Gasteiger partial charge in [0.1, 0.15) is 15.9 Å². The number of hydrogen-bond acceptors (Lipinski definition) is 5. The number of thiophene rings is 1. The maximum Gasteiger partial charge on any atom is 0.410 e. The number of rotatable bonds is 2. The van der Waals surface area contributed by atoms with Crippen molar-refractivity contribution in [1.29, 1.82) is 0 Å². The number of nitrogens with zero attached hydrogens (tertiary/aromatic N) is 5. The first kappa shape index (κ1) is 20.9. The number of fused-ring (bicyclic) bond motifs is 2. The van der Waals surface area contributed by atoms with Crippen molar-refractivity contribution in [3.63, 3.8) is 0 Å². The SMILES string of the molecule is Cn1cc2cc(-c3cc4cn(C5CCN(C(=O)OC(C)(C)C)CC5)nc4s3)cc(F)c2n1. The van der Waals surface area contributed by atoms with Crippen molar-refractivity contribution >= 4 is 38.5 Å². The molecule has 1 fully saturated rings. The Morgan fingerprint density at radius 3 is 2.56 bits per heavy atom. The molecule has 7 nitrogen and oxygen atoms in total. The summed E-state index contributed by atoms with van der Waals surface area (Å²) in [6.07, 6.45) is 5.31. The van der Waals surface area contributed by atoms with Crippen LogP contribution in [0.4, 0.5) is 9.18 Å². The first-order valence-electron chi connectivity index (χ1n) is 10.8. The number of aromatic nitrogens is 4. The highest BCUT2D eigenvalue weighted by Gasteiger charge is 2.28. The van der Waals surface area contributed by atoms with Gasteiger partial charge in [0, 0.05) is 48.2 Å². The van der Waals surface area contributed by atoms with Gasteiger partial charge in [0.15, 0.2) is 5.82 Å². The monoisotopic (exact) mass is 455 g/mol. The van der Waals surface area contributed by atoms with Crippen molar-refractivity contribution in [3.05, 3.63) is 36.4 Å². The summed E-state index contributed by atoms with van der Waals surface area (Å²) in [6, 6.07) is 5.83. The third kappa shape index (κ3) is 3.97. The second-order valence-electron chi connectivity index (χ2n) is 9.38. The molecule has 168 valence electrons. The molecule has 1 aromatic carbocycles.